The number of aromatic nitrogens is 1. The Morgan fingerprint density at radius 3 is 2.92 bits per heavy atom. The topological polar surface area (TPSA) is 34.6 Å². The summed E-state index contributed by atoms with van der Waals surface area (Å²) < 4.78 is 11.6. The molecule has 0 fully saturated rings. The standard InChI is InChI=1S/C19H26N2O2S/c1-13(2)21(7-5-18-20-6-8-24-18)12-16-11-17(22-4)10-15-9-14(3)23-19(15)16/h6,8,10-11,13-14H,5,7,9,12H2,1-4H3. The van der Waals surface area contributed by atoms with Crippen molar-refractivity contribution in [1.82, 2.24) is 9.88 Å². The van der Waals surface area contributed by atoms with Crippen LogP contribution in [0.1, 0.15) is 36.9 Å². The lowest BCUT2D eigenvalue weighted by Crippen LogP contribution is -2.32. The van der Waals surface area contributed by atoms with Gasteiger partial charge < -0.3 is 9.47 Å². The van der Waals surface area contributed by atoms with Crippen molar-refractivity contribution in [3.05, 3.63) is 39.8 Å². The molecule has 1 unspecified atom stereocenters. The average molecular weight is 346 g/mol. The fourth-order valence-electron chi connectivity index (χ4n) is 3.17. The molecule has 0 radical (unpaired) electrons. The summed E-state index contributed by atoms with van der Waals surface area (Å²) in [7, 11) is 1.73. The number of rotatable bonds is 7. The molecule has 1 atom stereocenters. The van der Waals surface area contributed by atoms with E-state index in [0.29, 0.717) is 6.04 Å². The zero-order valence-corrected chi connectivity index (χ0v) is 15.7. The van der Waals surface area contributed by atoms with E-state index < -0.39 is 0 Å². The van der Waals surface area contributed by atoms with Crippen LogP contribution < -0.4 is 9.47 Å². The molecule has 4 nitrogen and oxygen atoms in total. The molecular formula is C19H26N2O2S. The Balaban J connectivity index is 1.78. The Kier molecular flexibility index (Phi) is 5.41. The number of methoxy groups -OCH3 is 1. The van der Waals surface area contributed by atoms with E-state index in [1.54, 1.807) is 18.4 Å². The highest BCUT2D eigenvalue weighted by atomic mass is 32.1. The van der Waals surface area contributed by atoms with Gasteiger partial charge in [0, 0.05) is 54.7 Å². The number of nitrogens with zero attached hydrogens (tertiary/aromatic N) is 2. The minimum absolute atomic E-state index is 0.244. The van der Waals surface area contributed by atoms with Gasteiger partial charge in [0.1, 0.15) is 17.6 Å². The van der Waals surface area contributed by atoms with Crippen LogP contribution in [0.25, 0.3) is 0 Å². The first kappa shape index (κ1) is 17.2. The van der Waals surface area contributed by atoms with Crippen LogP contribution in [-0.4, -0.2) is 35.7 Å². The van der Waals surface area contributed by atoms with Gasteiger partial charge in [-0.2, -0.15) is 0 Å². The van der Waals surface area contributed by atoms with Gasteiger partial charge in [-0.25, -0.2) is 4.98 Å². The first-order valence-corrected chi connectivity index (χ1v) is 9.43. The second kappa shape index (κ2) is 7.53. The zero-order chi connectivity index (χ0) is 17.1. The highest BCUT2D eigenvalue weighted by Crippen LogP contribution is 2.37. The molecule has 0 saturated heterocycles. The van der Waals surface area contributed by atoms with E-state index in [2.05, 4.69) is 42.8 Å². The fourth-order valence-corrected chi connectivity index (χ4v) is 3.78. The third kappa shape index (κ3) is 3.90. The van der Waals surface area contributed by atoms with Gasteiger partial charge in [0.05, 0.1) is 12.1 Å². The molecule has 0 spiro atoms. The average Bonchev–Trinajstić information content (AvgIpc) is 3.19. The molecule has 1 aromatic heterocycles. The first-order valence-electron chi connectivity index (χ1n) is 8.55. The number of ether oxygens (including phenoxy) is 2. The second-order valence-corrected chi connectivity index (χ2v) is 7.63. The van der Waals surface area contributed by atoms with Crippen molar-refractivity contribution in [2.24, 2.45) is 0 Å². The molecule has 0 amide bonds. The molecule has 3 rings (SSSR count). The lowest BCUT2D eigenvalue weighted by Gasteiger charge is -2.27. The summed E-state index contributed by atoms with van der Waals surface area (Å²) in [5.41, 5.74) is 2.49. The summed E-state index contributed by atoms with van der Waals surface area (Å²) in [6.45, 7) is 8.47. The predicted molar refractivity (Wildman–Crippen MR) is 98.2 cm³/mol. The van der Waals surface area contributed by atoms with Gasteiger partial charge in [0.2, 0.25) is 0 Å². The molecule has 0 aliphatic carbocycles. The van der Waals surface area contributed by atoms with E-state index in [9.17, 15) is 0 Å². The molecule has 5 heteroatoms. The van der Waals surface area contributed by atoms with Crippen LogP contribution in [0.5, 0.6) is 11.5 Å². The van der Waals surface area contributed by atoms with E-state index in [1.807, 2.05) is 11.6 Å². The Morgan fingerprint density at radius 2 is 2.25 bits per heavy atom. The predicted octanol–water partition coefficient (Wildman–Crippen LogP) is 3.93. The van der Waals surface area contributed by atoms with Gasteiger partial charge in [0.15, 0.2) is 0 Å². The first-order chi connectivity index (χ1) is 11.6. The lowest BCUT2D eigenvalue weighted by molar-refractivity contribution is 0.206. The maximum absolute atomic E-state index is 6.08. The van der Waals surface area contributed by atoms with Gasteiger partial charge in [-0.05, 0) is 32.9 Å². The van der Waals surface area contributed by atoms with Crippen LogP contribution in [0.2, 0.25) is 0 Å². The molecule has 0 saturated carbocycles. The van der Waals surface area contributed by atoms with Crippen LogP contribution in [-0.2, 0) is 19.4 Å². The summed E-state index contributed by atoms with van der Waals surface area (Å²) in [5.74, 6) is 1.98. The maximum Gasteiger partial charge on any atom is 0.127 e. The van der Waals surface area contributed by atoms with Crippen molar-refractivity contribution in [2.45, 2.75) is 52.3 Å². The molecule has 24 heavy (non-hydrogen) atoms. The molecule has 0 N–H and O–H groups in total. The smallest absolute Gasteiger partial charge is 0.127 e. The summed E-state index contributed by atoms with van der Waals surface area (Å²) in [6.07, 6.45) is 4.07. The lowest BCUT2D eigenvalue weighted by atomic mass is 10.0. The fraction of sp³-hybridized carbons (Fsp3) is 0.526. The largest absolute Gasteiger partial charge is 0.497 e. The number of hydrogen-bond acceptors (Lipinski definition) is 5. The van der Waals surface area contributed by atoms with Crippen molar-refractivity contribution in [3.8, 4) is 11.5 Å². The third-order valence-electron chi connectivity index (χ3n) is 4.48. The number of thiazole rings is 1. The van der Waals surface area contributed by atoms with Crippen molar-refractivity contribution in [2.75, 3.05) is 13.7 Å². The molecule has 130 valence electrons. The summed E-state index contributed by atoms with van der Waals surface area (Å²) >= 11 is 1.73. The molecule has 0 bridgehead atoms. The molecule has 2 heterocycles. The number of hydrogen-bond donors (Lipinski definition) is 0. The van der Waals surface area contributed by atoms with E-state index in [1.165, 1.54) is 16.1 Å². The van der Waals surface area contributed by atoms with Gasteiger partial charge in [-0.15, -0.1) is 11.3 Å². The zero-order valence-electron chi connectivity index (χ0n) is 14.9. The van der Waals surface area contributed by atoms with Crippen molar-refractivity contribution in [1.29, 1.82) is 0 Å². The number of benzene rings is 1. The van der Waals surface area contributed by atoms with Crippen molar-refractivity contribution in [3.63, 3.8) is 0 Å². The monoisotopic (exact) mass is 346 g/mol. The van der Waals surface area contributed by atoms with Crippen LogP contribution in [0.15, 0.2) is 23.7 Å². The van der Waals surface area contributed by atoms with E-state index in [4.69, 9.17) is 9.47 Å². The molecule has 1 aliphatic heterocycles. The molecule has 1 aliphatic rings. The highest BCUT2D eigenvalue weighted by Gasteiger charge is 2.25. The van der Waals surface area contributed by atoms with Crippen LogP contribution >= 0.6 is 11.3 Å². The minimum atomic E-state index is 0.244. The van der Waals surface area contributed by atoms with Gasteiger partial charge >= 0.3 is 0 Å². The molecular weight excluding hydrogens is 320 g/mol. The normalized spacial score (nSPS) is 16.5. The highest BCUT2D eigenvalue weighted by molar-refractivity contribution is 7.09. The molecule has 2 aromatic rings. The summed E-state index contributed by atoms with van der Waals surface area (Å²) in [4.78, 5) is 6.87. The van der Waals surface area contributed by atoms with Crippen LogP contribution in [0.4, 0.5) is 0 Å². The van der Waals surface area contributed by atoms with Gasteiger partial charge in [0.25, 0.3) is 0 Å². The Bertz CT molecular complexity index is 670. The Hall–Kier alpha value is -1.59. The van der Waals surface area contributed by atoms with E-state index >= 15 is 0 Å². The number of fused-ring (bicyclic) bond motifs is 1. The summed E-state index contributed by atoms with van der Waals surface area (Å²) in [5, 5.41) is 3.24. The van der Waals surface area contributed by atoms with Gasteiger partial charge in [-0.1, -0.05) is 0 Å². The third-order valence-corrected chi connectivity index (χ3v) is 5.32. The quantitative estimate of drug-likeness (QED) is 0.761. The van der Waals surface area contributed by atoms with Gasteiger partial charge in [-0.3, -0.25) is 4.90 Å². The van der Waals surface area contributed by atoms with Crippen molar-refractivity contribution < 1.29 is 9.47 Å². The summed E-state index contributed by atoms with van der Waals surface area (Å²) in [6, 6.07) is 4.69. The van der Waals surface area contributed by atoms with Crippen LogP contribution in [0.3, 0.4) is 0 Å². The second-order valence-electron chi connectivity index (χ2n) is 6.65. The Labute approximate surface area is 148 Å². The SMILES string of the molecule is COc1cc2c(c(CN(CCc3nccs3)C(C)C)c1)OC(C)C2. The van der Waals surface area contributed by atoms with E-state index in [0.717, 1.165) is 37.4 Å². The van der Waals surface area contributed by atoms with Crippen LogP contribution in [0, 0.1) is 0 Å². The van der Waals surface area contributed by atoms with Crippen molar-refractivity contribution >= 4 is 11.3 Å². The van der Waals surface area contributed by atoms with E-state index in [-0.39, 0.29) is 6.10 Å². The Morgan fingerprint density at radius 1 is 1.42 bits per heavy atom. The maximum atomic E-state index is 6.08. The minimum Gasteiger partial charge on any atom is -0.497 e. The molecule has 1 aromatic carbocycles.